The molecule has 2 aromatic rings. The third kappa shape index (κ3) is 3.09. The van der Waals surface area contributed by atoms with Crippen LogP contribution in [0.15, 0.2) is 47.4 Å². The van der Waals surface area contributed by atoms with Crippen molar-refractivity contribution in [3.63, 3.8) is 0 Å². The zero-order chi connectivity index (χ0) is 13.8. The van der Waals surface area contributed by atoms with Crippen molar-refractivity contribution in [2.75, 3.05) is 5.73 Å². The van der Waals surface area contributed by atoms with Gasteiger partial charge in [0.1, 0.15) is 0 Å². The van der Waals surface area contributed by atoms with E-state index in [-0.39, 0.29) is 5.56 Å². The minimum atomic E-state index is -0.945. The maximum absolute atomic E-state index is 11.2. The number of hydrogen-bond donors (Lipinski definition) is 2. The molecule has 3 N–H and O–H groups in total. The minimum absolute atomic E-state index is 0.263. The molecule has 4 heteroatoms. The average Bonchev–Trinajstić information content (AvgIpc) is 2.38. The van der Waals surface area contributed by atoms with E-state index in [2.05, 4.69) is 0 Å². The molecule has 0 bridgehead atoms. The van der Waals surface area contributed by atoms with E-state index in [1.807, 2.05) is 31.2 Å². The van der Waals surface area contributed by atoms with Crippen molar-refractivity contribution in [3.05, 3.63) is 59.2 Å². The van der Waals surface area contributed by atoms with Crippen molar-refractivity contribution < 1.29 is 9.90 Å². The lowest BCUT2D eigenvalue weighted by Crippen LogP contribution is -2.02. The van der Waals surface area contributed by atoms with E-state index in [0.717, 1.165) is 0 Å². The molecule has 0 aromatic heterocycles. The first-order valence-electron chi connectivity index (χ1n) is 5.88. The van der Waals surface area contributed by atoms with Crippen molar-refractivity contribution >= 4 is 23.4 Å². The number of rotatable bonds is 4. The number of carboxylic acids is 1. The second-order valence-electron chi connectivity index (χ2n) is 4.24. The Balaban J connectivity index is 2.25. The number of aryl methyl sites for hydroxylation is 1. The summed E-state index contributed by atoms with van der Waals surface area (Å²) in [5, 5.41) is 9.17. The monoisotopic (exact) mass is 273 g/mol. The minimum Gasteiger partial charge on any atom is -0.478 e. The lowest BCUT2D eigenvalue weighted by atomic mass is 10.1. The summed E-state index contributed by atoms with van der Waals surface area (Å²) in [4.78, 5) is 11.8. The summed E-state index contributed by atoms with van der Waals surface area (Å²) in [5.74, 6) is -0.235. The van der Waals surface area contributed by atoms with Crippen LogP contribution in [0.4, 0.5) is 5.69 Å². The number of carboxylic acid groups (broad SMARTS) is 1. The number of benzene rings is 2. The third-order valence-electron chi connectivity index (χ3n) is 2.91. The van der Waals surface area contributed by atoms with Crippen molar-refractivity contribution in [3.8, 4) is 0 Å². The highest BCUT2D eigenvalue weighted by Gasteiger charge is 2.13. The molecule has 0 amide bonds. The quantitative estimate of drug-likeness (QED) is 0.660. The smallest absolute Gasteiger partial charge is 0.336 e. The average molecular weight is 273 g/mol. The standard InChI is InChI=1S/C15H15NO2S/c1-10-5-2-3-6-11(10)9-19-14-12(15(17)18)7-4-8-13(14)16/h2-8H,9,16H2,1H3,(H,17,18). The molecule has 2 aromatic carbocycles. The molecular weight excluding hydrogens is 258 g/mol. The van der Waals surface area contributed by atoms with E-state index in [0.29, 0.717) is 16.3 Å². The SMILES string of the molecule is Cc1ccccc1CSc1c(N)cccc1C(=O)O. The van der Waals surface area contributed by atoms with Crippen LogP contribution in [0.2, 0.25) is 0 Å². The number of anilines is 1. The molecule has 0 radical (unpaired) electrons. The van der Waals surface area contributed by atoms with Crippen LogP contribution in [0.25, 0.3) is 0 Å². The van der Waals surface area contributed by atoms with Crippen LogP contribution in [0.3, 0.4) is 0 Å². The summed E-state index contributed by atoms with van der Waals surface area (Å²) in [7, 11) is 0. The fraction of sp³-hybridized carbons (Fsp3) is 0.133. The molecule has 0 saturated carbocycles. The lowest BCUT2D eigenvalue weighted by molar-refractivity contribution is 0.0693. The van der Waals surface area contributed by atoms with Crippen molar-refractivity contribution in [2.45, 2.75) is 17.6 Å². The largest absolute Gasteiger partial charge is 0.478 e. The fourth-order valence-corrected chi connectivity index (χ4v) is 2.98. The van der Waals surface area contributed by atoms with E-state index >= 15 is 0 Å². The van der Waals surface area contributed by atoms with Gasteiger partial charge in [-0.1, -0.05) is 30.3 Å². The summed E-state index contributed by atoms with van der Waals surface area (Å²) in [6.07, 6.45) is 0. The molecule has 0 saturated heterocycles. The van der Waals surface area contributed by atoms with Crippen molar-refractivity contribution in [1.29, 1.82) is 0 Å². The summed E-state index contributed by atoms with van der Waals surface area (Å²) >= 11 is 1.46. The van der Waals surface area contributed by atoms with Crippen LogP contribution in [0.5, 0.6) is 0 Å². The molecule has 0 aliphatic heterocycles. The normalized spacial score (nSPS) is 10.4. The maximum Gasteiger partial charge on any atom is 0.336 e. The Bertz CT molecular complexity index is 611. The van der Waals surface area contributed by atoms with Crippen LogP contribution in [0.1, 0.15) is 21.5 Å². The molecule has 0 fully saturated rings. The predicted molar refractivity (Wildman–Crippen MR) is 78.6 cm³/mol. The van der Waals surface area contributed by atoms with Gasteiger partial charge in [-0.05, 0) is 30.2 Å². The Morgan fingerprint density at radius 2 is 1.95 bits per heavy atom. The molecule has 0 heterocycles. The molecule has 0 atom stereocenters. The topological polar surface area (TPSA) is 63.3 Å². The number of thioether (sulfide) groups is 1. The summed E-state index contributed by atoms with van der Waals surface area (Å²) in [5.41, 5.74) is 9.04. The Hall–Kier alpha value is -1.94. The van der Waals surface area contributed by atoms with Gasteiger partial charge in [0.25, 0.3) is 0 Å². The lowest BCUT2D eigenvalue weighted by Gasteiger charge is -2.10. The van der Waals surface area contributed by atoms with E-state index in [1.54, 1.807) is 18.2 Å². The van der Waals surface area contributed by atoms with Crippen LogP contribution in [-0.4, -0.2) is 11.1 Å². The molecular formula is C15H15NO2S. The summed E-state index contributed by atoms with van der Waals surface area (Å²) in [6.45, 7) is 2.04. The molecule has 0 spiro atoms. The second kappa shape index (κ2) is 5.80. The van der Waals surface area contributed by atoms with Gasteiger partial charge in [0.05, 0.1) is 5.56 Å². The Morgan fingerprint density at radius 1 is 1.21 bits per heavy atom. The van der Waals surface area contributed by atoms with Crippen LogP contribution >= 0.6 is 11.8 Å². The third-order valence-corrected chi connectivity index (χ3v) is 4.11. The Morgan fingerprint density at radius 3 is 2.63 bits per heavy atom. The molecule has 0 unspecified atom stereocenters. The van der Waals surface area contributed by atoms with Gasteiger partial charge >= 0.3 is 5.97 Å². The van der Waals surface area contributed by atoms with E-state index < -0.39 is 5.97 Å². The van der Waals surface area contributed by atoms with E-state index in [9.17, 15) is 9.90 Å². The van der Waals surface area contributed by atoms with Gasteiger partial charge in [0.15, 0.2) is 0 Å². The van der Waals surface area contributed by atoms with Crippen molar-refractivity contribution in [1.82, 2.24) is 0 Å². The van der Waals surface area contributed by atoms with Crippen LogP contribution in [0, 0.1) is 6.92 Å². The number of hydrogen-bond acceptors (Lipinski definition) is 3. The molecule has 2 rings (SSSR count). The molecule has 0 aliphatic rings. The first-order valence-corrected chi connectivity index (χ1v) is 6.87. The van der Waals surface area contributed by atoms with Crippen LogP contribution in [-0.2, 0) is 5.75 Å². The number of nitrogens with two attached hydrogens (primary N) is 1. The van der Waals surface area contributed by atoms with E-state index in [1.165, 1.54) is 22.9 Å². The zero-order valence-electron chi connectivity index (χ0n) is 10.6. The number of nitrogen functional groups attached to an aromatic ring is 1. The van der Waals surface area contributed by atoms with Crippen molar-refractivity contribution in [2.24, 2.45) is 0 Å². The summed E-state index contributed by atoms with van der Waals surface area (Å²) < 4.78 is 0. The van der Waals surface area contributed by atoms with E-state index in [4.69, 9.17) is 5.73 Å². The van der Waals surface area contributed by atoms with Gasteiger partial charge in [-0.3, -0.25) is 0 Å². The van der Waals surface area contributed by atoms with Crippen LogP contribution < -0.4 is 5.73 Å². The first kappa shape index (κ1) is 13.5. The molecule has 98 valence electrons. The highest BCUT2D eigenvalue weighted by Crippen LogP contribution is 2.32. The fourth-order valence-electron chi connectivity index (χ4n) is 1.81. The van der Waals surface area contributed by atoms with Gasteiger partial charge in [0, 0.05) is 16.3 Å². The zero-order valence-corrected chi connectivity index (χ0v) is 11.4. The van der Waals surface area contributed by atoms with Gasteiger partial charge in [-0.2, -0.15) is 0 Å². The second-order valence-corrected chi connectivity index (χ2v) is 5.23. The van der Waals surface area contributed by atoms with Gasteiger partial charge in [0.2, 0.25) is 0 Å². The highest BCUT2D eigenvalue weighted by molar-refractivity contribution is 7.98. The summed E-state index contributed by atoms with van der Waals surface area (Å²) in [6, 6.07) is 13.0. The van der Waals surface area contributed by atoms with Gasteiger partial charge < -0.3 is 10.8 Å². The first-order chi connectivity index (χ1) is 9.09. The Kier molecular flexibility index (Phi) is 4.12. The predicted octanol–water partition coefficient (Wildman–Crippen LogP) is 3.57. The highest BCUT2D eigenvalue weighted by atomic mass is 32.2. The molecule has 3 nitrogen and oxygen atoms in total. The Labute approximate surface area is 116 Å². The molecule has 0 aliphatic carbocycles. The molecule has 19 heavy (non-hydrogen) atoms. The van der Waals surface area contributed by atoms with Gasteiger partial charge in [-0.25, -0.2) is 4.79 Å². The number of aromatic carboxylic acids is 1. The van der Waals surface area contributed by atoms with Gasteiger partial charge in [-0.15, -0.1) is 11.8 Å². The number of carbonyl (C=O) groups is 1. The maximum atomic E-state index is 11.2.